The maximum atomic E-state index is 12.9. The van der Waals surface area contributed by atoms with E-state index < -0.39 is 5.91 Å². The Hall–Kier alpha value is -3.76. The number of rotatable bonds is 11. The second-order valence-corrected chi connectivity index (χ2v) is 11.4. The summed E-state index contributed by atoms with van der Waals surface area (Å²) >= 11 is 7.98. The highest BCUT2D eigenvalue weighted by Crippen LogP contribution is 2.39. The maximum absolute atomic E-state index is 12.9. The molecule has 0 radical (unpaired) electrons. The average molecular weight is 609 g/mol. The van der Waals surface area contributed by atoms with Crippen LogP contribution in [-0.4, -0.2) is 54.4 Å². The molecule has 220 valence electrons. The van der Waals surface area contributed by atoms with E-state index in [9.17, 15) is 4.79 Å². The zero-order chi connectivity index (χ0) is 29.6. The second kappa shape index (κ2) is 13.5. The van der Waals surface area contributed by atoms with Crippen LogP contribution in [-0.2, 0) is 11.2 Å². The number of ether oxygens (including phenoxy) is 4. The summed E-state index contributed by atoms with van der Waals surface area (Å²) in [5, 5.41) is 16.5. The van der Waals surface area contributed by atoms with Crippen molar-refractivity contribution in [2.75, 3.05) is 27.4 Å². The van der Waals surface area contributed by atoms with Crippen LogP contribution < -0.4 is 18.9 Å². The van der Waals surface area contributed by atoms with Gasteiger partial charge in [0.25, 0.3) is 5.91 Å². The molecule has 2 aromatic carbocycles. The van der Waals surface area contributed by atoms with Gasteiger partial charge in [0.15, 0.2) is 28.8 Å². The number of nitrogens with zero attached hydrogens (tertiary/aromatic N) is 3. The topological polar surface area (TPSA) is 106 Å². The second-order valence-electron chi connectivity index (χ2n) is 10.0. The van der Waals surface area contributed by atoms with E-state index in [4.69, 9.17) is 36.0 Å². The van der Waals surface area contributed by atoms with E-state index in [1.54, 1.807) is 25.3 Å². The summed E-state index contributed by atoms with van der Waals surface area (Å²) in [6.45, 7) is 4.20. The minimum Gasteiger partial charge on any atom is -0.493 e. The molecule has 42 heavy (non-hydrogen) atoms. The number of carbonyl (C=O) groups excluding carboxylic acids is 1. The molecule has 2 heterocycles. The van der Waals surface area contributed by atoms with Crippen molar-refractivity contribution < 1.29 is 23.7 Å². The lowest BCUT2D eigenvalue weighted by Gasteiger charge is -2.20. The lowest BCUT2D eigenvalue weighted by Crippen LogP contribution is -2.35. The number of carbonyl (C=O) groups is 1. The highest BCUT2D eigenvalue weighted by atomic mass is 35.5. The number of allylic oxidation sites excluding steroid dienone is 1. The Morgan fingerprint density at radius 3 is 2.57 bits per heavy atom. The lowest BCUT2D eigenvalue weighted by atomic mass is 9.90. The average Bonchev–Trinajstić information content (AvgIpc) is 3.43. The molecule has 1 fully saturated rings. The number of amides is 1. The van der Waals surface area contributed by atoms with Crippen molar-refractivity contribution in [2.24, 2.45) is 16.0 Å². The first-order valence-electron chi connectivity index (χ1n) is 13.8. The third-order valence-corrected chi connectivity index (χ3v) is 8.53. The highest BCUT2D eigenvalue weighted by molar-refractivity contribution is 8.27. The molecule has 11 heteroatoms. The van der Waals surface area contributed by atoms with Crippen LogP contribution in [0.5, 0.6) is 23.0 Å². The Morgan fingerprint density at radius 1 is 1.07 bits per heavy atom. The molecule has 2 aromatic rings. The number of halogens is 1. The van der Waals surface area contributed by atoms with Crippen LogP contribution >= 0.6 is 23.4 Å². The number of hydrazone groups is 1. The van der Waals surface area contributed by atoms with E-state index in [0.29, 0.717) is 44.7 Å². The van der Waals surface area contributed by atoms with E-state index in [0.717, 1.165) is 29.9 Å². The van der Waals surface area contributed by atoms with Crippen molar-refractivity contribution in [1.29, 1.82) is 5.41 Å². The molecule has 5 rings (SSSR count). The fraction of sp³-hybridized carbons (Fsp3) is 0.355. The predicted octanol–water partition coefficient (Wildman–Crippen LogP) is 6.74. The van der Waals surface area contributed by atoms with Gasteiger partial charge in [-0.2, -0.15) is 15.1 Å². The SMILES string of the molecule is C=CCc1ccc(OCCOc2c(Cl)cc(/C=C3/C(=N)N4N=C(C5CCCCC5)SC4=NC3=O)cc2OC)c(OC)c1. The van der Waals surface area contributed by atoms with Crippen molar-refractivity contribution in [3.8, 4) is 23.0 Å². The molecule has 1 saturated carbocycles. The van der Waals surface area contributed by atoms with E-state index in [-0.39, 0.29) is 24.6 Å². The molecule has 0 unspecified atom stereocenters. The van der Waals surface area contributed by atoms with Gasteiger partial charge < -0.3 is 18.9 Å². The summed E-state index contributed by atoms with van der Waals surface area (Å²) in [6, 6.07) is 9.09. The Morgan fingerprint density at radius 2 is 1.83 bits per heavy atom. The van der Waals surface area contributed by atoms with Crippen molar-refractivity contribution in [3.05, 3.63) is 64.7 Å². The summed E-state index contributed by atoms with van der Waals surface area (Å²) < 4.78 is 22.8. The van der Waals surface area contributed by atoms with E-state index in [1.165, 1.54) is 43.1 Å². The number of benzene rings is 2. The minimum absolute atomic E-state index is 0.0103. The molecule has 2 aliphatic heterocycles. The molecule has 0 atom stereocenters. The number of fused-ring (bicyclic) bond motifs is 1. The third kappa shape index (κ3) is 6.50. The monoisotopic (exact) mass is 608 g/mol. The van der Waals surface area contributed by atoms with Crippen LogP contribution in [0.2, 0.25) is 5.02 Å². The number of hydrogen-bond acceptors (Lipinski definition) is 8. The molecule has 0 saturated heterocycles. The summed E-state index contributed by atoms with van der Waals surface area (Å²) in [4.78, 5) is 17.2. The molecule has 9 nitrogen and oxygen atoms in total. The van der Waals surface area contributed by atoms with Crippen LogP contribution in [0.3, 0.4) is 0 Å². The standard InChI is InChI=1S/C31H33ClN4O5S/c1-4-8-19-11-12-24(25(17-19)38-2)40-13-14-41-27-23(32)16-20(18-26(27)39-3)15-22-28(33)36-31(34-29(22)37)42-30(35-36)21-9-6-5-7-10-21/h4,11-12,15-18,21,33H,1,5-10,13-14H2,2-3H3/b22-15-,33-28?. The molecule has 1 aliphatic carbocycles. The lowest BCUT2D eigenvalue weighted by molar-refractivity contribution is -0.114. The molecule has 0 bridgehead atoms. The Bertz CT molecular complexity index is 1480. The fourth-order valence-corrected chi connectivity index (χ4v) is 6.40. The van der Waals surface area contributed by atoms with Crippen LogP contribution in [0.15, 0.2) is 58.7 Å². The van der Waals surface area contributed by atoms with Crippen molar-refractivity contribution in [1.82, 2.24) is 5.01 Å². The van der Waals surface area contributed by atoms with Gasteiger partial charge >= 0.3 is 0 Å². The quantitative estimate of drug-likeness (QED) is 0.171. The van der Waals surface area contributed by atoms with Crippen LogP contribution in [0.1, 0.15) is 43.2 Å². The summed E-state index contributed by atoms with van der Waals surface area (Å²) in [7, 11) is 3.10. The largest absolute Gasteiger partial charge is 0.493 e. The Balaban J connectivity index is 1.27. The van der Waals surface area contributed by atoms with E-state index in [1.807, 2.05) is 24.3 Å². The van der Waals surface area contributed by atoms with Crippen LogP contribution in [0, 0.1) is 11.3 Å². The van der Waals surface area contributed by atoms with Crippen molar-refractivity contribution in [3.63, 3.8) is 0 Å². The zero-order valence-corrected chi connectivity index (χ0v) is 25.2. The number of aliphatic imine (C=N–C) groups is 1. The van der Waals surface area contributed by atoms with Gasteiger partial charge in [0.1, 0.15) is 18.3 Å². The predicted molar refractivity (Wildman–Crippen MR) is 167 cm³/mol. The first-order valence-corrected chi connectivity index (χ1v) is 15.0. The first kappa shape index (κ1) is 29.7. The number of nitrogens with one attached hydrogen (secondary N) is 1. The van der Waals surface area contributed by atoms with Crippen molar-refractivity contribution in [2.45, 2.75) is 38.5 Å². The zero-order valence-electron chi connectivity index (χ0n) is 23.7. The fourth-order valence-electron chi connectivity index (χ4n) is 5.07. The van der Waals surface area contributed by atoms with Crippen molar-refractivity contribution >= 4 is 51.4 Å². The smallest absolute Gasteiger partial charge is 0.283 e. The molecule has 1 N–H and O–H groups in total. The molecule has 0 aromatic heterocycles. The third-order valence-electron chi connectivity index (χ3n) is 7.18. The number of amidine groups is 2. The van der Waals surface area contributed by atoms with Gasteiger partial charge in [-0.1, -0.05) is 43.0 Å². The first-order chi connectivity index (χ1) is 20.4. The Labute approximate surface area is 254 Å². The van der Waals surface area contributed by atoms with Gasteiger partial charge in [0, 0.05) is 5.92 Å². The minimum atomic E-state index is -0.487. The summed E-state index contributed by atoms with van der Waals surface area (Å²) in [5.41, 5.74) is 1.77. The van der Waals surface area contributed by atoms with Gasteiger partial charge in [-0.05, 0) is 72.5 Å². The van der Waals surface area contributed by atoms with Gasteiger partial charge in [-0.3, -0.25) is 10.2 Å². The molecule has 1 amide bonds. The van der Waals surface area contributed by atoms with Gasteiger partial charge in [0.05, 0.1) is 24.8 Å². The van der Waals surface area contributed by atoms with Crippen LogP contribution in [0.25, 0.3) is 6.08 Å². The summed E-state index contributed by atoms with van der Waals surface area (Å²) in [5.74, 6) is 1.83. The number of thioether (sulfide) groups is 1. The van der Waals surface area contributed by atoms with Gasteiger partial charge in [-0.25, -0.2) is 0 Å². The maximum Gasteiger partial charge on any atom is 0.283 e. The van der Waals surface area contributed by atoms with Crippen LogP contribution in [0.4, 0.5) is 0 Å². The molecular weight excluding hydrogens is 576 g/mol. The normalized spacial score (nSPS) is 18.0. The molecular formula is C31H33ClN4O5S. The molecule has 3 aliphatic rings. The number of methoxy groups -OCH3 is 2. The molecule has 0 spiro atoms. The van der Waals surface area contributed by atoms with E-state index >= 15 is 0 Å². The Kier molecular flexibility index (Phi) is 9.54. The van der Waals surface area contributed by atoms with Gasteiger partial charge in [-0.15, -0.1) is 6.58 Å². The summed E-state index contributed by atoms with van der Waals surface area (Å²) in [6.07, 6.45) is 9.88. The van der Waals surface area contributed by atoms with E-state index in [2.05, 4.69) is 16.7 Å². The highest BCUT2D eigenvalue weighted by Gasteiger charge is 2.38. The number of hydrogen-bond donors (Lipinski definition) is 1. The van der Waals surface area contributed by atoms with Gasteiger partial charge in [0.2, 0.25) is 5.17 Å².